The molecule has 2 aromatic rings. The lowest BCUT2D eigenvalue weighted by Crippen LogP contribution is -2.38. The van der Waals surface area contributed by atoms with Crippen molar-refractivity contribution in [2.24, 2.45) is 5.73 Å². The number of aromatic nitrogens is 1. The Bertz CT molecular complexity index is 1110. The van der Waals surface area contributed by atoms with E-state index in [1.807, 2.05) is 13.0 Å². The average molecular weight is 424 g/mol. The molecule has 1 saturated heterocycles. The van der Waals surface area contributed by atoms with Crippen molar-refractivity contribution in [3.8, 4) is 11.8 Å². The summed E-state index contributed by atoms with van der Waals surface area (Å²) in [6.07, 6.45) is 0.786. The van der Waals surface area contributed by atoms with Gasteiger partial charge in [-0.2, -0.15) is 5.26 Å². The first-order chi connectivity index (χ1) is 15.0. The summed E-state index contributed by atoms with van der Waals surface area (Å²) >= 11 is 0. The van der Waals surface area contributed by atoms with Gasteiger partial charge in [-0.3, -0.25) is 9.69 Å². The van der Waals surface area contributed by atoms with Crippen molar-refractivity contribution in [3.63, 3.8) is 0 Å². The van der Waals surface area contributed by atoms with E-state index in [2.05, 4.69) is 4.90 Å². The molecule has 2 N–H and O–H groups in total. The first-order valence-corrected chi connectivity index (χ1v) is 10.4. The Kier molecular flexibility index (Phi) is 6.07. The van der Waals surface area contributed by atoms with Gasteiger partial charge in [0.1, 0.15) is 23.2 Å². The van der Waals surface area contributed by atoms with Crippen molar-refractivity contribution in [1.29, 1.82) is 5.26 Å². The predicted octanol–water partition coefficient (Wildman–Crippen LogP) is 2.24. The summed E-state index contributed by atoms with van der Waals surface area (Å²) < 4.78 is 27.4. The standard InChI is InChI=1S/C23H25FN4O3/c1-15-13-19-21(23(29)28(15)8-4-7-27-9-11-30-12-10-27)20(17(14-25)22(26)31-19)16-5-2-3-6-18(16)24/h2-3,5-6,13,20H,4,7-12,26H2,1H3. The number of nitrogens with zero attached hydrogens (tertiary/aromatic N) is 3. The number of pyridine rings is 1. The Morgan fingerprint density at radius 2 is 2.00 bits per heavy atom. The number of hydrogen-bond donors (Lipinski definition) is 1. The van der Waals surface area contributed by atoms with Crippen molar-refractivity contribution in [1.82, 2.24) is 9.47 Å². The van der Waals surface area contributed by atoms with Crippen molar-refractivity contribution in [2.45, 2.75) is 25.8 Å². The second kappa shape index (κ2) is 8.92. The van der Waals surface area contributed by atoms with Crippen LogP contribution in [0.4, 0.5) is 4.39 Å². The van der Waals surface area contributed by atoms with Crippen LogP contribution in [0.5, 0.6) is 5.75 Å². The van der Waals surface area contributed by atoms with Gasteiger partial charge in [0, 0.05) is 43.5 Å². The molecule has 31 heavy (non-hydrogen) atoms. The molecular formula is C23H25FN4O3. The SMILES string of the molecule is Cc1cc2c(c(=O)n1CCCN1CCOCC1)C(c1ccccc1F)C(C#N)=C(N)O2. The summed E-state index contributed by atoms with van der Waals surface area (Å²) in [7, 11) is 0. The maximum absolute atomic E-state index is 14.7. The first-order valence-electron chi connectivity index (χ1n) is 10.4. The van der Waals surface area contributed by atoms with E-state index in [4.69, 9.17) is 15.2 Å². The fourth-order valence-electron chi connectivity index (χ4n) is 4.26. The normalized spacial score (nSPS) is 18.9. The van der Waals surface area contributed by atoms with E-state index in [9.17, 15) is 14.4 Å². The van der Waals surface area contributed by atoms with Crippen LogP contribution < -0.4 is 16.0 Å². The first kappa shape index (κ1) is 21.1. The molecule has 0 radical (unpaired) electrons. The summed E-state index contributed by atoms with van der Waals surface area (Å²) in [6.45, 7) is 6.43. The van der Waals surface area contributed by atoms with E-state index in [1.54, 1.807) is 28.8 Å². The molecule has 0 bridgehead atoms. The lowest BCUT2D eigenvalue weighted by Gasteiger charge is -2.28. The van der Waals surface area contributed by atoms with Crippen LogP contribution in [0.15, 0.2) is 46.6 Å². The number of nitriles is 1. The number of rotatable bonds is 5. The van der Waals surface area contributed by atoms with Crippen LogP contribution >= 0.6 is 0 Å². The third kappa shape index (κ3) is 4.07. The minimum absolute atomic E-state index is 0.0402. The minimum Gasteiger partial charge on any atom is -0.440 e. The maximum atomic E-state index is 14.7. The molecule has 4 rings (SSSR count). The fraction of sp³-hybridized carbons (Fsp3) is 0.391. The van der Waals surface area contributed by atoms with Gasteiger partial charge in [-0.05, 0) is 19.4 Å². The molecule has 1 unspecified atom stereocenters. The van der Waals surface area contributed by atoms with Crippen LogP contribution in [0.3, 0.4) is 0 Å². The highest BCUT2D eigenvalue weighted by Crippen LogP contribution is 2.41. The van der Waals surface area contributed by atoms with Crippen LogP contribution in [-0.4, -0.2) is 42.3 Å². The molecule has 7 nitrogen and oxygen atoms in total. The number of allylic oxidation sites excluding steroid dienone is 1. The second-order valence-electron chi connectivity index (χ2n) is 7.77. The number of aryl methyl sites for hydroxylation is 1. The van der Waals surface area contributed by atoms with E-state index in [1.165, 1.54) is 6.07 Å². The van der Waals surface area contributed by atoms with E-state index in [0.717, 1.165) is 45.0 Å². The Morgan fingerprint density at radius 3 is 2.71 bits per heavy atom. The molecule has 0 saturated carbocycles. The summed E-state index contributed by atoms with van der Waals surface area (Å²) in [5, 5.41) is 9.70. The maximum Gasteiger partial charge on any atom is 0.258 e. The molecule has 2 aliphatic rings. The van der Waals surface area contributed by atoms with Crippen LogP contribution in [0, 0.1) is 24.1 Å². The smallest absolute Gasteiger partial charge is 0.258 e. The molecule has 8 heteroatoms. The zero-order valence-electron chi connectivity index (χ0n) is 17.4. The Labute approximate surface area is 180 Å². The van der Waals surface area contributed by atoms with Gasteiger partial charge in [0.2, 0.25) is 5.88 Å². The highest BCUT2D eigenvalue weighted by atomic mass is 19.1. The lowest BCUT2D eigenvalue weighted by molar-refractivity contribution is 0.0369. The van der Waals surface area contributed by atoms with E-state index in [-0.39, 0.29) is 33.9 Å². The van der Waals surface area contributed by atoms with Crippen LogP contribution in [0.1, 0.15) is 29.2 Å². The van der Waals surface area contributed by atoms with Gasteiger partial charge in [-0.25, -0.2) is 4.39 Å². The van der Waals surface area contributed by atoms with E-state index >= 15 is 0 Å². The quantitative estimate of drug-likeness (QED) is 0.791. The third-order valence-corrected chi connectivity index (χ3v) is 5.87. The molecule has 1 aromatic carbocycles. The van der Waals surface area contributed by atoms with Crippen LogP contribution in [0.25, 0.3) is 0 Å². The molecule has 1 atom stereocenters. The summed E-state index contributed by atoms with van der Waals surface area (Å²) in [5.74, 6) is -1.24. The van der Waals surface area contributed by atoms with Crippen molar-refractivity contribution in [3.05, 3.63) is 74.8 Å². The Balaban J connectivity index is 1.72. The minimum atomic E-state index is -0.909. The average Bonchev–Trinajstić information content (AvgIpc) is 2.76. The van der Waals surface area contributed by atoms with E-state index in [0.29, 0.717) is 6.54 Å². The van der Waals surface area contributed by atoms with Gasteiger partial charge in [0.05, 0.1) is 24.7 Å². The number of hydrogen-bond acceptors (Lipinski definition) is 6. The molecule has 3 heterocycles. The molecule has 2 aliphatic heterocycles. The molecule has 0 amide bonds. The van der Waals surface area contributed by atoms with Gasteiger partial charge in [-0.1, -0.05) is 18.2 Å². The predicted molar refractivity (Wildman–Crippen MR) is 113 cm³/mol. The molecule has 1 fully saturated rings. The summed E-state index contributed by atoms with van der Waals surface area (Å²) in [6, 6.07) is 9.87. The van der Waals surface area contributed by atoms with Gasteiger partial charge in [0.25, 0.3) is 5.56 Å². The van der Waals surface area contributed by atoms with Crippen molar-refractivity contribution in [2.75, 3.05) is 32.8 Å². The molecule has 1 aromatic heterocycles. The number of nitrogens with two attached hydrogens (primary N) is 1. The van der Waals surface area contributed by atoms with Gasteiger partial charge in [0.15, 0.2) is 0 Å². The number of fused-ring (bicyclic) bond motifs is 1. The summed E-state index contributed by atoms with van der Waals surface area (Å²) in [4.78, 5) is 15.8. The highest BCUT2D eigenvalue weighted by molar-refractivity contribution is 5.55. The van der Waals surface area contributed by atoms with Crippen LogP contribution in [-0.2, 0) is 11.3 Å². The molecule has 162 valence electrons. The highest BCUT2D eigenvalue weighted by Gasteiger charge is 2.35. The Hall–Kier alpha value is -3.15. The van der Waals surface area contributed by atoms with Gasteiger partial charge in [-0.15, -0.1) is 0 Å². The zero-order chi connectivity index (χ0) is 22.0. The Morgan fingerprint density at radius 1 is 1.26 bits per heavy atom. The van der Waals surface area contributed by atoms with Gasteiger partial charge >= 0.3 is 0 Å². The topological polar surface area (TPSA) is 93.5 Å². The number of benzene rings is 1. The van der Waals surface area contributed by atoms with Crippen LogP contribution in [0.2, 0.25) is 0 Å². The monoisotopic (exact) mass is 424 g/mol. The van der Waals surface area contributed by atoms with E-state index < -0.39 is 11.7 Å². The molecule has 0 aliphatic carbocycles. The number of halogens is 1. The van der Waals surface area contributed by atoms with Crippen molar-refractivity contribution >= 4 is 0 Å². The van der Waals surface area contributed by atoms with Crippen molar-refractivity contribution < 1.29 is 13.9 Å². The van der Waals surface area contributed by atoms with Gasteiger partial charge < -0.3 is 19.8 Å². The third-order valence-electron chi connectivity index (χ3n) is 5.87. The molecular weight excluding hydrogens is 399 g/mol. The second-order valence-corrected chi connectivity index (χ2v) is 7.77. The number of morpholine rings is 1. The lowest BCUT2D eigenvalue weighted by atomic mass is 9.83. The fourth-order valence-corrected chi connectivity index (χ4v) is 4.26. The molecule has 0 spiro atoms. The zero-order valence-corrected chi connectivity index (χ0v) is 17.4. The summed E-state index contributed by atoms with van der Waals surface area (Å²) in [5.41, 5.74) is 6.93. The number of ether oxygens (including phenoxy) is 2. The largest absolute Gasteiger partial charge is 0.440 e.